The second-order valence-corrected chi connectivity index (χ2v) is 11.3. The first-order valence-electron chi connectivity index (χ1n) is 14.0. The number of rotatable bonds is 5. The van der Waals surface area contributed by atoms with Crippen molar-refractivity contribution in [1.82, 2.24) is 9.55 Å². The van der Waals surface area contributed by atoms with Crippen molar-refractivity contribution in [2.45, 2.75) is 53.4 Å². The molecule has 6 aromatic rings. The fourth-order valence-electron chi connectivity index (χ4n) is 5.85. The summed E-state index contributed by atoms with van der Waals surface area (Å²) >= 11 is 0. The zero-order valence-corrected chi connectivity index (χ0v) is 23.8. The Bertz CT molecular complexity index is 1790. The van der Waals surface area contributed by atoms with E-state index < -0.39 is 0 Å². The van der Waals surface area contributed by atoms with E-state index in [9.17, 15) is 0 Å². The highest BCUT2D eigenvalue weighted by molar-refractivity contribution is 6.08. The van der Waals surface area contributed by atoms with Gasteiger partial charge in [0, 0.05) is 11.3 Å². The predicted molar refractivity (Wildman–Crippen MR) is 167 cm³/mol. The molecule has 0 radical (unpaired) electrons. The zero-order valence-electron chi connectivity index (χ0n) is 23.8. The third kappa shape index (κ3) is 4.34. The summed E-state index contributed by atoms with van der Waals surface area (Å²) in [5.41, 5.74) is 9.94. The Morgan fingerprint density at radius 2 is 1.18 bits per heavy atom. The minimum atomic E-state index is 0.360. The average Bonchev–Trinajstić information content (AvgIpc) is 3.25. The molecule has 0 aliphatic heterocycles. The van der Waals surface area contributed by atoms with Gasteiger partial charge >= 0.3 is 0 Å². The summed E-state index contributed by atoms with van der Waals surface area (Å²) in [6, 6.07) is 35.4. The van der Waals surface area contributed by atoms with Crippen LogP contribution in [0.1, 0.15) is 62.0 Å². The topological polar surface area (TPSA) is 17.8 Å². The van der Waals surface area contributed by atoms with E-state index in [-0.39, 0.29) is 0 Å². The quantitative estimate of drug-likeness (QED) is 0.212. The average molecular weight is 509 g/mol. The van der Waals surface area contributed by atoms with Gasteiger partial charge in [0.2, 0.25) is 0 Å². The predicted octanol–water partition coefficient (Wildman–Crippen LogP) is 10.4. The Balaban J connectivity index is 1.61. The molecule has 5 aromatic carbocycles. The molecule has 0 unspecified atom stereocenters. The number of hydrogen-bond donors (Lipinski definition) is 0. The molecule has 0 spiro atoms. The van der Waals surface area contributed by atoms with Gasteiger partial charge in [-0.15, -0.1) is 0 Å². The van der Waals surface area contributed by atoms with Crippen LogP contribution < -0.4 is 0 Å². The fraction of sp³-hybridized carbons (Fsp3) is 0.216. The normalized spacial score (nSPS) is 11.8. The first kappa shape index (κ1) is 25.1. The van der Waals surface area contributed by atoms with E-state index in [0.717, 1.165) is 17.1 Å². The summed E-state index contributed by atoms with van der Waals surface area (Å²) in [6.45, 7) is 13.6. The van der Waals surface area contributed by atoms with Crippen molar-refractivity contribution in [3.05, 3.63) is 120 Å². The largest absolute Gasteiger partial charge is 0.296 e. The van der Waals surface area contributed by atoms with Crippen molar-refractivity contribution in [1.29, 1.82) is 0 Å². The Labute approximate surface area is 232 Å². The van der Waals surface area contributed by atoms with Gasteiger partial charge in [-0.25, -0.2) is 4.98 Å². The van der Waals surface area contributed by atoms with Gasteiger partial charge in [0.1, 0.15) is 5.82 Å². The summed E-state index contributed by atoms with van der Waals surface area (Å²) in [6.07, 6.45) is 0. The number of imidazole rings is 1. The third-order valence-corrected chi connectivity index (χ3v) is 8.09. The van der Waals surface area contributed by atoms with Gasteiger partial charge in [0.15, 0.2) is 0 Å². The monoisotopic (exact) mass is 508 g/mol. The van der Waals surface area contributed by atoms with Gasteiger partial charge in [-0.05, 0) is 87.7 Å². The molecule has 0 amide bonds. The number of fused-ring (bicyclic) bond motifs is 3. The number of benzene rings is 5. The summed E-state index contributed by atoms with van der Waals surface area (Å²) in [5.74, 6) is 1.73. The summed E-state index contributed by atoms with van der Waals surface area (Å²) in [7, 11) is 0. The van der Waals surface area contributed by atoms with Gasteiger partial charge in [0.05, 0.1) is 11.4 Å². The van der Waals surface area contributed by atoms with Gasteiger partial charge in [-0.3, -0.25) is 4.57 Å². The van der Waals surface area contributed by atoms with Crippen LogP contribution in [0.2, 0.25) is 0 Å². The summed E-state index contributed by atoms with van der Waals surface area (Å²) < 4.78 is 2.43. The molecular weight excluding hydrogens is 472 g/mol. The SMILES string of the molecule is Cc1nc(-c2ccc3c(ccc4ccccc43)c2)n(-c2c(C(C)C)cc(-c3ccccc3)cc2C(C)C)c1C. The van der Waals surface area contributed by atoms with Crippen LogP contribution in [0.5, 0.6) is 0 Å². The first-order chi connectivity index (χ1) is 18.8. The Kier molecular flexibility index (Phi) is 6.35. The minimum absolute atomic E-state index is 0.360. The number of aryl methyl sites for hydroxylation is 1. The molecule has 0 saturated heterocycles. The van der Waals surface area contributed by atoms with E-state index in [1.807, 2.05) is 0 Å². The van der Waals surface area contributed by atoms with Crippen molar-refractivity contribution in [2.24, 2.45) is 0 Å². The van der Waals surface area contributed by atoms with E-state index in [4.69, 9.17) is 4.98 Å². The Hall–Kier alpha value is -4.17. The lowest BCUT2D eigenvalue weighted by atomic mass is 9.88. The van der Waals surface area contributed by atoms with Crippen LogP contribution in [0.3, 0.4) is 0 Å². The van der Waals surface area contributed by atoms with Gasteiger partial charge < -0.3 is 0 Å². The maximum absolute atomic E-state index is 5.17. The maximum atomic E-state index is 5.17. The van der Waals surface area contributed by atoms with E-state index in [0.29, 0.717) is 11.8 Å². The van der Waals surface area contributed by atoms with Crippen molar-refractivity contribution in [2.75, 3.05) is 0 Å². The lowest BCUT2D eigenvalue weighted by Crippen LogP contribution is -2.10. The summed E-state index contributed by atoms with van der Waals surface area (Å²) in [5, 5.41) is 5.08. The van der Waals surface area contributed by atoms with Gasteiger partial charge in [-0.2, -0.15) is 0 Å². The molecule has 0 saturated carbocycles. The van der Waals surface area contributed by atoms with Gasteiger partial charge in [-0.1, -0.05) is 107 Å². The van der Waals surface area contributed by atoms with Crippen LogP contribution in [-0.4, -0.2) is 9.55 Å². The van der Waals surface area contributed by atoms with E-state index in [1.54, 1.807) is 0 Å². The molecule has 1 aromatic heterocycles. The Morgan fingerprint density at radius 1 is 0.564 bits per heavy atom. The minimum Gasteiger partial charge on any atom is -0.296 e. The Morgan fingerprint density at radius 3 is 1.87 bits per heavy atom. The number of nitrogens with zero attached hydrogens (tertiary/aromatic N) is 2. The van der Waals surface area contributed by atoms with Crippen LogP contribution in [0.4, 0.5) is 0 Å². The smallest absolute Gasteiger partial charge is 0.145 e. The number of hydrogen-bond acceptors (Lipinski definition) is 1. The van der Waals surface area contributed by atoms with Crippen molar-refractivity contribution in [3.8, 4) is 28.2 Å². The molecular formula is C37H36N2. The second-order valence-electron chi connectivity index (χ2n) is 11.3. The van der Waals surface area contributed by atoms with E-state index in [2.05, 4.69) is 143 Å². The van der Waals surface area contributed by atoms with Crippen molar-refractivity contribution < 1.29 is 0 Å². The molecule has 0 bridgehead atoms. The van der Waals surface area contributed by atoms with Crippen LogP contribution in [0.15, 0.2) is 97.1 Å². The lowest BCUT2D eigenvalue weighted by Gasteiger charge is -2.25. The zero-order chi connectivity index (χ0) is 27.3. The molecule has 39 heavy (non-hydrogen) atoms. The molecule has 0 N–H and O–H groups in total. The molecule has 0 aliphatic rings. The van der Waals surface area contributed by atoms with Crippen LogP contribution in [0, 0.1) is 13.8 Å². The van der Waals surface area contributed by atoms with Crippen molar-refractivity contribution in [3.63, 3.8) is 0 Å². The van der Waals surface area contributed by atoms with Crippen LogP contribution >= 0.6 is 0 Å². The van der Waals surface area contributed by atoms with Crippen molar-refractivity contribution >= 4 is 21.5 Å². The fourth-order valence-corrected chi connectivity index (χ4v) is 5.85. The van der Waals surface area contributed by atoms with E-state index in [1.165, 1.54) is 55.2 Å². The van der Waals surface area contributed by atoms with Crippen LogP contribution in [-0.2, 0) is 0 Å². The highest BCUT2D eigenvalue weighted by Gasteiger charge is 2.24. The number of aromatic nitrogens is 2. The molecule has 0 fully saturated rings. The lowest BCUT2D eigenvalue weighted by molar-refractivity contribution is 0.801. The highest BCUT2D eigenvalue weighted by Crippen LogP contribution is 2.40. The molecule has 1 heterocycles. The first-order valence-corrected chi connectivity index (χ1v) is 14.0. The molecule has 6 rings (SSSR count). The summed E-state index contributed by atoms with van der Waals surface area (Å²) in [4.78, 5) is 5.17. The third-order valence-electron chi connectivity index (χ3n) is 8.09. The molecule has 194 valence electrons. The highest BCUT2D eigenvalue weighted by atomic mass is 15.1. The molecule has 2 nitrogen and oxygen atoms in total. The maximum Gasteiger partial charge on any atom is 0.145 e. The molecule has 2 heteroatoms. The second kappa shape index (κ2) is 9.85. The van der Waals surface area contributed by atoms with E-state index >= 15 is 0 Å². The molecule has 0 aliphatic carbocycles. The molecule has 0 atom stereocenters. The van der Waals surface area contributed by atoms with Crippen LogP contribution in [0.25, 0.3) is 49.7 Å². The standard InChI is InChI=1S/C37H36N2/c1-23(2)34-21-31(27-12-8-7-9-13-27)22-35(24(3)4)36(34)39-26(6)25(5)38-37(39)30-18-19-33-29(20-30)17-16-28-14-10-11-15-32(28)33/h7-24H,1-6H3. The van der Waals surface area contributed by atoms with Gasteiger partial charge in [0.25, 0.3) is 0 Å².